The van der Waals surface area contributed by atoms with Gasteiger partial charge in [0.15, 0.2) is 0 Å². The Morgan fingerprint density at radius 3 is 2.95 bits per heavy atom. The van der Waals surface area contributed by atoms with Crippen LogP contribution >= 0.6 is 0 Å². The van der Waals surface area contributed by atoms with Gasteiger partial charge >= 0.3 is 0 Å². The summed E-state index contributed by atoms with van der Waals surface area (Å²) >= 11 is 0. The molecule has 1 atom stereocenters. The zero-order valence-corrected chi connectivity index (χ0v) is 11.9. The van der Waals surface area contributed by atoms with E-state index >= 15 is 0 Å². The highest BCUT2D eigenvalue weighted by Gasteiger charge is 2.31. The van der Waals surface area contributed by atoms with Gasteiger partial charge in [-0.05, 0) is 48.2 Å². The Kier molecular flexibility index (Phi) is 3.04. The van der Waals surface area contributed by atoms with E-state index in [9.17, 15) is 4.79 Å². The van der Waals surface area contributed by atoms with Crippen LogP contribution in [0.3, 0.4) is 0 Å². The van der Waals surface area contributed by atoms with E-state index in [0.29, 0.717) is 0 Å². The largest absolute Gasteiger partial charge is 0.363 e. The Bertz CT molecular complexity index is 663. The van der Waals surface area contributed by atoms with Crippen molar-refractivity contribution in [2.45, 2.75) is 32.0 Å². The number of nitrogens with one attached hydrogen (secondary N) is 2. The fourth-order valence-electron chi connectivity index (χ4n) is 3.48. The highest BCUT2D eigenvalue weighted by molar-refractivity contribution is 5.95. The molecule has 0 bridgehead atoms. The summed E-state index contributed by atoms with van der Waals surface area (Å²) in [6.07, 6.45) is 4.04. The summed E-state index contributed by atoms with van der Waals surface area (Å²) in [6.45, 7) is 2.63. The molecular weight excluding hydrogens is 262 g/mol. The lowest BCUT2D eigenvalue weighted by atomic mass is 10.0. The van der Waals surface area contributed by atoms with Gasteiger partial charge in [0.1, 0.15) is 0 Å². The van der Waals surface area contributed by atoms with Gasteiger partial charge in [0.05, 0.1) is 6.04 Å². The molecule has 1 aromatic carbocycles. The number of hydrogen-bond donors (Lipinski definition) is 2. The first kappa shape index (κ1) is 12.7. The van der Waals surface area contributed by atoms with Crippen molar-refractivity contribution in [3.8, 4) is 0 Å². The molecule has 1 saturated heterocycles. The molecule has 2 aliphatic heterocycles. The van der Waals surface area contributed by atoms with E-state index in [2.05, 4.69) is 28.5 Å². The fraction of sp³-hybridized carbons (Fsp3) is 0.353. The summed E-state index contributed by atoms with van der Waals surface area (Å²) in [5.74, 6) is 0.154. The summed E-state index contributed by atoms with van der Waals surface area (Å²) in [5, 5.41) is 3.32. The lowest BCUT2D eigenvalue weighted by Crippen LogP contribution is -2.30. The van der Waals surface area contributed by atoms with Crippen LogP contribution < -0.4 is 5.32 Å². The predicted octanol–water partition coefficient (Wildman–Crippen LogP) is 2.60. The third-order valence-electron chi connectivity index (χ3n) is 4.58. The molecule has 0 aliphatic carbocycles. The minimum Gasteiger partial charge on any atom is -0.363 e. The lowest BCUT2D eigenvalue weighted by Gasteiger charge is -2.24. The number of rotatable bonds is 2. The number of nitrogens with zero attached hydrogens (tertiary/aromatic N) is 1. The van der Waals surface area contributed by atoms with Crippen molar-refractivity contribution in [1.82, 2.24) is 15.2 Å². The molecule has 0 radical (unpaired) electrons. The van der Waals surface area contributed by atoms with Crippen LogP contribution in [-0.4, -0.2) is 22.3 Å². The van der Waals surface area contributed by atoms with E-state index < -0.39 is 0 Å². The normalized spacial score (nSPS) is 20.8. The van der Waals surface area contributed by atoms with Crippen LogP contribution in [0.1, 0.15) is 46.1 Å². The number of aromatic nitrogens is 1. The van der Waals surface area contributed by atoms with Gasteiger partial charge in [-0.15, -0.1) is 0 Å². The second-order valence-corrected chi connectivity index (χ2v) is 5.87. The molecule has 1 unspecified atom stereocenters. The fourth-order valence-corrected chi connectivity index (χ4v) is 3.48. The SMILES string of the molecule is O=C(c1ccc2c(c1)CNC2)N1CCCC1c1ccc[nH]1. The monoisotopic (exact) mass is 281 g/mol. The van der Waals surface area contributed by atoms with Crippen molar-refractivity contribution in [3.63, 3.8) is 0 Å². The van der Waals surface area contributed by atoms with Gasteiger partial charge in [0, 0.05) is 37.1 Å². The maximum Gasteiger partial charge on any atom is 0.254 e. The van der Waals surface area contributed by atoms with Crippen LogP contribution in [0, 0.1) is 0 Å². The standard InChI is InChI=1S/C17H19N3O/c21-17(12-5-6-13-10-18-11-14(13)9-12)20-8-2-4-16(20)15-3-1-7-19-15/h1,3,5-7,9,16,18-19H,2,4,8,10-11H2. The maximum absolute atomic E-state index is 12.8. The minimum absolute atomic E-state index is 0.154. The van der Waals surface area contributed by atoms with Gasteiger partial charge in [0.2, 0.25) is 0 Å². The quantitative estimate of drug-likeness (QED) is 0.889. The van der Waals surface area contributed by atoms with E-state index in [4.69, 9.17) is 0 Å². The van der Waals surface area contributed by atoms with Crippen molar-refractivity contribution in [2.24, 2.45) is 0 Å². The molecule has 2 aliphatic rings. The number of H-pyrrole nitrogens is 1. The molecule has 0 spiro atoms. The molecule has 21 heavy (non-hydrogen) atoms. The first-order valence-electron chi connectivity index (χ1n) is 7.60. The van der Waals surface area contributed by atoms with Crippen LogP contribution in [0.5, 0.6) is 0 Å². The van der Waals surface area contributed by atoms with Gasteiger partial charge in [0.25, 0.3) is 5.91 Å². The number of fused-ring (bicyclic) bond motifs is 1. The zero-order chi connectivity index (χ0) is 14.2. The predicted molar refractivity (Wildman–Crippen MR) is 80.8 cm³/mol. The number of aromatic amines is 1. The van der Waals surface area contributed by atoms with Gasteiger partial charge < -0.3 is 15.2 Å². The summed E-state index contributed by atoms with van der Waals surface area (Å²) in [5.41, 5.74) is 4.53. The second-order valence-electron chi connectivity index (χ2n) is 5.87. The number of hydrogen-bond acceptors (Lipinski definition) is 2. The average Bonchev–Trinajstić information content (AvgIpc) is 3.24. The number of amides is 1. The van der Waals surface area contributed by atoms with E-state index in [0.717, 1.165) is 43.7 Å². The van der Waals surface area contributed by atoms with Crippen molar-refractivity contribution in [1.29, 1.82) is 0 Å². The Balaban J connectivity index is 1.62. The summed E-state index contributed by atoms with van der Waals surface area (Å²) in [4.78, 5) is 18.1. The van der Waals surface area contributed by atoms with E-state index in [1.54, 1.807) is 0 Å². The van der Waals surface area contributed by atoms with E-state index in [1.165, 1.54) is 11.1 Å². The van der Waals surface area contributed by atoms with Gasteiger partial charge in [-0.25, -0.2) is 0 Å². The van der Waals surface area contributed by atoms with E-state index in [1.807, 2.05) is 23.2 Å². The Labute approximate surface area is 124 Å². The van der Waals surface area contributed by atoms with Crippen LogP contribution in [-0.2, 0) is 13.1 Å². The number of likely N-dealkylation sites (tertiary alicyclic amines) is 1. The Hall–Kier alpha value is -2.07. The van der Waals surface area contributed by atoms with Crippen molar-refractivity contribution >= 4 is 5.91 Å². The van der Waals surface area contributed by atoms with Gasteiger partial charge in [-0.1, -0.05) is 6.07 Å². The van der Waals surface area contributed by atoms with Crippen LogP contribution in [0.25, 0.3) is 0 Å². The third kappa shape index (κ3) is 2.16. The maximum atomic E-state index is 12.8. The van der Waals surface area contributed by atoms with Crippen molar-refractivity contribution < 1.29 is 4.79 Å². The highest BCUT2D eigenvalue weighted by atomic mass is 16.2. The van der Waals surface area contributed by atoms with Crippen molar-refractivity contribution in [2.75, 3.05) is 6.54 Å². The first-order chi connectivity index (χ1) is 10.3. The van der Waals surface area contributed by atoms with Crippen LogP contribution in [0.2, 0.25) is 0 Å². The van der Waals surface area contributed by atoms with Crippen LogP contribution in [0.4, 0.5) is 0 Å². The first-order valence-corrected chi connectivity index (χ1v) is 7.60. The topological polar surface area (TPSA) is 48.1 Å². The number of carbonyl (C=O) groups excluding carboxylic acids is 1. The molecule has 4 rings (SSSR count). The number of carbonyl (C=O) groups is 1. The minimum atomic E-state index is 0.154. The Morgan fingerprint density at radius 1 is 1.19 bits per heavy atom. The highest BCUT2D eigenvalue weighted by Crippen LogP contribution is 2.32. The lowest BCUT2D eigenvalue weighted by molar-refractivity contribution is 0.0733. The molecule has 2 aromatic rings. The molecule has 4 heteroatoms. The molecule has 4 nitrogen and oxygen atoms in total. The second kappa shape index (κ2) is 5.04. The number of benzene rings is 1. The molecule has 1 fully saturated rings. The molecule has 108 valence electrons. The zero-order valence-electron chi connectivity index (χ0n) is 11.9. The summed E-state index contributed by atoms with van der Waals surface area (Å²) < 4.78 is 0. The van der Waals surface area contributed by atoms with Crippen molar-refractivity contribution in [3.05, 3.63) is 58.9 Å². The Morgan fingerprint density at radius 2 is 2.10 bits per heavy atom. The van der Waals surface area contributed by atoms with E-state index in [-0.39, 0.29) is 11.9 Å². The molecule has 2 N–H and O–H groups in total. The van der Waals surface area contributed by atoms with Gasteiger partial charge in [-0.3, -0.25) is 4.79 Å². The molecule has 1 aromatic heterocycles. The summed E-state index contributed by atoms with van der Waals surface area (Å²) in [6, 6.07) is 10.4. The molecule has 3 heterocycles. The summed E-state index contributed by atoms with van der Waals surface area (Å²) in [7, 11) is 0. The van der Waals surface area contributed by atoms with Crippen LogP contribution in [0.15, 0.2) is 36.5 Å². The third-order valence-corrected chi connectivity index (χ3v) is 4.58. The molecular formula is C17H19N3O. The average molecular weight is 281 g/mol. The smallest absolute Gasteiger partial charge is 0.254 e. The molecule has 1 amide bonds. The molecule has 0 saturated carbocycles. The van der Waals surface area contributed by atoms with Gasteiger partial charge in [-0.2, -0.15) is 0 Å².